The first-order valence-electron chi connectivity index (χ1n) is 6.33. The molecule has 0 saturated carbocycles. The molecule has 18 heavy (non-hydrogen) atoms. The van der Waals surface area contributed by atoms with Crippen molar-refractivity contribution in [2.45, 2.75) is 33.6 Å². The van der Waals surface area contributed by atoms with Crippen LogP contribution in [0.1, 0.15) is 37.9 Å². The number of hydrogen-bond donors (Lipinski definition) is 2. The lowest BCUT2D eigenvalue weighted by atomic mass is 10.2. The van der Waals surface area contributed by atoms with E-state index in [1.165, 1.54) is 0 Å². The van der Waals surface area contributed by atoms with E-state index in [2.05, 4.69) is 29.0 Å². The van der Waals surface area contributed by atoms with Crippen LogP contribution in [0.2, 0.25) is 0 Å². The maximum atomic E-state index is 8.88. The summed E-state index contributed by atoms with van der Waals surface area (Å²) < 4.78 is 1.79. The standard InChI is InChI=1S/C12H23N5O/c1-5-7-8-17(6-2)12-10(11(13)15-18)9(3)14-16(12)4/h18H,5-8H2,1-4H3,(H2,13,15). The van der Waals surface area contributed by atoms with Gasteiger partial charge in [0, 0.05) is 20.1 Å². The molecule has 0 aliphatic carbocycles. The van der Waals surface area contributed by atoms with Crippen LogP contribution in [0.3, 0.4) is 0 Å². The van der Waals surface area contributed by atoms with Crippen molar-refractivity contribution in [3.63, 3.8) is 0 Å². The van der Waals surface area contributed by atoms with Gasteiger partial charge in [-0.15, -0.1) is 0 Å². The molecular formula is C12H23N5O. The fraction of sp³-hybridized carbons (Fsp3) is 0.667. The van der Waals surface area contributed by atoms with Gasteiger partial charge >= 0.3 is 0 Å². The highest BCUT2D eigenvalue weighted by atomic mass is 16.4. The second-order valence-corrected chi connectivity index (χ2v) is 4.33. The van der Waals surface area contributed by atoms with Gasteiger partial charge in [0.25, 0.3) is 0 Å². The number of nitrogens with two attached hydrogens (primary N) is 1. The van der Waals surface area contributed by atoms with E-state index in [0.717, 1.165) is 43.0 Å². The minimum absolute atomic E-state index is 0.116. The zero-order chi connectivity index (χ0) is 13.7. The van der Waals surface area contributed by atoms with Crippen molar-refractivity contribution >= 4 is 11.7 Å². The van der Waals surface area contributed by atoms with Crippen LogP contribution < -0.4 is 10.6 Å². The normalized spacial score (nSPS) is 11.9. The van der Waals surface area contributed by atoms with Gasteiger partial charge in [0.1, 0.15) is 5.82 Å². The summed E-state index contributed by atoms with van der Waals surface area (Å²) in [6.07, 6.45) is 2.24. The van der Waals surface area contributed by atoms with Crippen LogP contribution in [0.25, 0.3) is 0 Å². The Labute approximate surface area is 108 Å². The molecule has 0 saturated heterocycles. The van der Waals surface area contributed by atoms with E-state index in [9.17, 15) is 0 Å². The number of aryl methyl sites for hydroxylation is 2. The first kappa shape index (κ1) is 14.3. The molecule has 0 fully saturated rings. The van der Waals surface area contributed by atoms with Gasteiger partial charge in [-0.1, -0.05) is 18.5 Å². The molecule has 6 nitrogen and oxygen atoms in total. The van der Waals surface area contributed by atoms with Crippen molar-refractivity contribution in [1.29, 1.82) is 0 Å². The Morgan fingerprint density at radius 3 is 2.67 bits per heavy atom. The van der Waals surface area contributed by atoms with Crippen molar-refractivity contribution < 1.29 is 5.21 Å². The molecule has 1 heterocycles. The smallest absolute Gasteiger partial charge is 0.175 e. The average Bonchev–Trinajstić information content (AvgIpc) is 2.65. The molecule has 6 heteroatoms. The predicted octanol–water partition coefficient (Wildman–Crippen LogP) is 1.45. The zero-order valence-electron chi connectivity index (χ0n) is 11.6. The minimum atomic E-state index is 0.116. The molecule has 0 amide bonds. The summed E-state index contributed by atoms with van der Waals surface area (Å²) in [6, 6.07) is 0. The highest BCUT2D eigenvalue weighted by Crippen LogP contribution is 2.23. The summed E-state index contributed by atoms with van der Waals surface area (Å²) in [6.45, 7) is 7.92. The van der Waals surface area contributed by atoms with Crippen molar-refractivity contribution in [3.05, 3.63) is 11.3 Å². The molecule has 0 spiro atoms. The quantitative estimate of drug-likeness (QED) is 0.348. The second kappa shape index (κ2) is 6.28. The summed E-state index contributed by atoms with van der Waals surface area (Å²) in [7, 11) is 1.88. The maximum absolute atomic E-state index is 8.88. The number of amidine groups is 1. The van der Waals surface area contributed by atoms with E-state index in [4.69, 9.17) is 10.9 Å². The summed E-state index contributed by atoms with van der Waals surface area (Å²) >= 11 is 0. The van der Waals surface area contributed by atoms with Crippen LogP contribution in [0.4, 0.5) is 5.82 Å². The van der Waals surface area contributed by atoms with Crippen molar-refractivity contribution in [3.8, 4) is 0 Å². The fourth-order valence-electron chi connectivity index (χ4n) is 2.12. The zero-order valence-corrected chi connectivity index (χ0v) is 11.6. The number of oxime groups is 1. The lowest BCUT2D eigenvalue weighted by Gasteiger charge is -2.24. The number of aromatic nitrogens is 2. The Kier molecular flexibility index (Phi) is 5.00. The number of unbranched alkanes of at least 4 members (excludes halogenated alkanes) is 1. The molecule has 102 valence electrons. The first-order chi connectivity index (χ1) is 8.56. The van der Waals surface area contributed by atoms with E-state index in [1.807, 2.05) is 14.0 Å². The Hall–Kier alpha value is -1.72. The third-order valence-corrected chi connectivity index (χ3v) is 3.02. The van der Waals surface area contributed by atoms with Gasteiger partial charge in [-0.3, -0.25) is 4.68 Å². The molecule has 0 atom stereocenters. The van der Waals surface area contributed by atoms with Crippen LogP contribution in [0.5, 0.6) is 0 Å². The molecule has 0 aliphatic heterocycles. The summed E-state index contributed by atoms with van der Waals surface area (Å²) in [5.74, 6) is 1.03. The van der Waals surface area contributed by atoms with Crippen molar-refractivity contribution in [2.24, 2.45) is 17.9 Å². The van der Waals surface area contributed by atoms with Gasteiger partial charge in [-0.25, -0.2) is 0 Å². The number of hydrogen-bond acceptors (Lipinski definition) is 4. The van der Waals surface area contributed by atoms with E-state index < -0.39 is 0 Å². The average molecular weight is 253 g/mol. The van der Waals surface area contributed by atoms with Crippen LogP contribution in [-0.4, -0.2) is 33.9 Å². The third-order valence-electron chi connectivity index (χ3n) is 3.02. The van der Waals surface area contributed by atoms with Gasteiger partial charge in [-0.2, -0.15) is 5.10 Å². The van der Waals surface area contributed by atoms with Crippen LogP contribution in [0.15, 0.2) is 5.16 Å². The SMILES string of the molecule is CCCCN(CC)c1c(/C(N)=N/O)c(C)nn1C. The van der Waals surface area contributed by atoms with E-state index >= 15 is 0 Å². The molecular weight excluding hydrogens is 230 g/mol. The summed E-state index contributed by atoms with van der Waals surface area (Å²) in [4.78, 5) is 2.21. The molecule has 0 aliphatic rings. The second-order valence-electron chi connectivity index (χ2n) is 4.33. The number of rotatable bonds is 6. The van der Waals surface area contributed by atoms with E-state index in [1.54, 1.807) is 4.68 Å². The molecule has 0 unspecified atom stereocenters. The molecule has 1 aromatic heterocycles. The first-order valence-corrected chi connectivity index (χ1v) is 6.33. The minimum Gasteiger partial charge on any atom is -0.409 e. The molecule has 1 aromatic rings. The predicted molar refractivity (Wildman–Crippen MR) is 73.3 cm³/mol. The Morgan fingerprint density at radius 1 is 1.50 bits per heavy atom. The van der Waals surface area contributed by atoms with Gasteiger partial charge < -0.3 is 15.8 Å². The van der Waals surface area contributed by atoms with Crippen LogP contribution >= 0.6 is 0 Å². The lowest BCUT2D eigenvalue weighted by Crippen LogP contribution is -2.29. The van der Waals surface area contributed by atoms with Crippen molar-refractivity contribution in [2.75, 3.05) is 18.0 Å². The molecule has 0 aromatic carbocycles. The summed E-state index contributed by atoms with van der Waals surface area (Å²) in [5.41, 5.74) is 7.25. The highest BCUT2D eigenvalue weighted by Gasteiger charge is 2.21. The van der Waals surface area contributed by atoms with Crippen LogP contribution in [0, 0.1) is 6.92 Å². The van der Waals surface area contributed by atoms with Gasteiger partial charge in [0.15, 0.2) is 5.84 Å². The van der Waals surface area contributed by atoms with E-state index in [0.29, 0.717) is 0 Å². The fourth-order valence-corrected chi connectivity index (χ4v) is 2.12. The van der Waals surface area contributed by atoms with Crippen LogP contribution in [-0.2, 0) is 7.05 Å². The largest absolute Gasteiger partial charge is 0.409 e. The number of anilines is 1. The Morgan fingerprint density at radius 2 is 2.17 bits per heavy atom. The Bertz CT molecular complexity index is 424. The molecule has 0 bridgehead atoms. The maximum Gasteiger partial charge on any atom is 0.175 e. The van der Waals surface area contributed by atoms with Gasteiger partial charge in [-0.05, 0) is 20.3 Å². The highest BCUT2D eigenvalue weighted by molar-refractivity contribution is 6.02. The molecule has 3 N–H and O–H groups in total. The van der Waals surface area contributed by atoms with Gasteiger partial charge in [0.05, 0.1) is 11.3 Å². The molecule has 1 rings (SSSR count). The molecule has 0 radical (unpaired) electrons. The monoisotopic (exact) mass is 253 g/mol. The number of nitrogens with zero attached hydrogens (tertiary/aromatic N) is 4. The van der Waals surface area contributed by atoms with Gasteiger partial charge in [0.2, 0.25) is 0 Å². The summed E-state index contributed by atoms with van der Waals surface area (Å²) in [5, 5.41) is 16.3. The third kappa shape index (κ3) is 2.75. The van der Waals surface area contributed by atoms with Crippen molar-refractivity contribution in [1.82, 2.24) is 9.78 Å². The van der Waals surface area contributed by atoms with E-state index in [-0.39, 0.29) is 5.84 Å². The lowest BCUT2D eigenvalue weighted by molar-refractivity contribution is 0.318. The topological polar surface area (TPSA) is 79.7 Å². The Balaban J connectivity index is 3.20.